The van der Waals surface area contributed by atoms with Gasteiger partial charge in [-0.2, -0.15) is 0 Å². The molecule has 1 aliphatic carbocycles. The van der Waals surface area contributed by atoms with Crippen molar-refractivity contribution in [2.75, 3.05) is 7.11 Å². The van der Waals surface area contributed by atoms with Gasteiger partial charge in [0.15, 0.2) is 11.0 Å². The molecule has 6 heteroatoms. The summed E-state index contributed by atoms with van der Waals surface area (Å²) in [6.07, 6.45) is 3.15. The van der Waals surface area contributed by atoms with Crippen molar-refractivity contribution in [3.63, 3.8) is 0 Å². The number of carbonyl (C=O) groups is 1. The molecule has 3 aromatic carbocycles. The number of hydrogen-bond donors (Lipinski definition) is 2. The maximum absolute atomic E-state index is 12.1. The van der Waals surface area contributed by atoms with Crippen LogP contribution in [0.2, 0.25) is 0 Å². The number of fused-ring (bicyclic) bond motifs is 1. The minimum atomic E-state index is -1.64. The highest BCUT2D eigenvalue weighted by Crippen LogP contribution is 2.45. The zero-order valence-electron chi connectivity index (χ0n) is 17.8. The van der Waals surface area contributed by atoms with Crippen LogP contribution in [0, 0.1) is 6.92 Å². The first kappa shape index (κ1) is 20.5. The average Bonchev–Trinajstić information content (AvgIpc) is 3.36. The quantitative estimate of drug-likeness (QED) is 0.616. The summed E-state index contributed by atoms with van der Waals surface area (Å²) in [7, 11) is 0.0582. The summed E-state index contributed by atoms with van der Waals surface area (Å²) in [5, 5.41) is 10.7. The second kappa shape index (κ2) is 7.95. The van der Waals surface area contributed by atoms with Crippen molar-refractivity contribution in [1.82, 2.24) is 4.72 Å². The monoisotopic (exact) mass is 445 g/mol. The van der Waals surface area contributed by atoms with Crippen LogP contribution < -0.4 is 9.46 Å². The number of methoxy groups -OCH3 is 1. The Balaban J connectivity index is 1.54. The summed E-state index contributed by atoms with van der Waals surface area (Å²) in [6, 6.07) is 18.0. The van der Waals surface area contributed by atoms with Gasteiger partial charge in [0, 0.05) is 23.1 Å². The summed E-state index contributed by atoms with van der Waals surface area (Å²) in [4.78, 5) is 11.8. The zero-order chi connectivity index (χ0) is 22.4. The van der Waals surface area contributed by atoms with Gasteiger partial charge in [0.2, 0.25) is 0 Å². The number of benzene rings is 3. The van der Waals surface area contributed by atoms with Crippen LogP contribution in [0.4, 0.5) is 0 Å². The second-order valence-corrected chi connectivity index (χ2v) is 9.37. The summed E-state index contributed by atoms with van der Waals surface area (Å²) >= 11 is 0. The SMILES string of the molecule is COc1ccc(C)cc1-c1cccc2c1CC[C@@H]2c1ccc(C2=CC(=O)NS2=O)c(O)c1. The molecule has 2 atom stereocenters. The predicted octanol–water partition coefficient (Wildman–Crippen LogP) is 4.59. The van der Waals surface area contributed by atoms with Crippen LogP contribution in [0.25, 0.3) is 16.0 Å². The van der Waals surface area contributed by atoms with Crippen molar-refractivity contribution in [2.45, 2.75) is 25.7 Å². The third kappa shape index (κ3) is 3.41. The normalized spacial score (nSPS) is 19.4. The Morgan fingerprint density at radius 3 is 2.62 bits per heavy atom. The van der Waals surface area contributed by atoms with Gasteiger partial charge in [-0.15, -0.1) is 0 Å². The number of amides is 1. The van der Waals surface area contributed by atoms with Crippen molar-refractivity contribution in [3.05, 3.63) is 88.5 Å². The van der Waals surface area contributed by atoms with E-state index in [0.29, 0.717) is 10.5 Å². The number of rotatable bonds is 4. The van der Waals surface area contributed by atoms with Crippen LogP contribution in [0.3, 0.4) is 0 Å². The minimum Gasteiger partial charge on any atom is -0.507 e. The molecule has 1 amide bonds. The van der Waals surface area contributed by atoms with Crippen LogP contribution in [-0.4, -0.2) is 22.3 Å². The number of phenols is 1. The Morgan fingerprint density at radius 2 is 1.91 bits per heavy atom. The Morgan fingerprint density at radius 1 is 1.06 bits per heavy atom. The molecule has 162 valence electrons. The molecule has 3 aromatic rings. The molecular weight excluding hydrogens is 422 g/mol. The van der Waals surface area contributed by atoms with Gasteiger partial charge in [-0.05, 0) is 66.3 Å². The average molecular weight is 446 g/mol. The molecule has 1 heterocycles. The van der Waals surface area contributed by atoms with E-state index in [9.17, 15) is 14.1 Å². The van der Waals surface area contributed by atoms with E-state index >= 15 is 0 Å². The highest BCUT2D eigenvalue weighted by Gasteiger charge is 2.29. The predicted molar refractivity (Wildman–Crippen MR) is 126 cm³/mol. The lowest BCUT2D eigenvalue weighted by atomic mass is 9.89. The molecule has 0 fully saturated rings. The van der Waals surface area contributed by atoms with Crippen LogP contribution in [0.5, 0.6) is 11.5 Å². The molecule has 0 saturated carbocycles. The van der Waals surface area contributed by atoms with Gasteiger partial charge < -0.3 is 9.84 Å². The first-order valence-electron chi connectivity index (χ1n) is 10.5. The zero-order valence-corrected chi connectivity index (χ0v) is 18.7. The van der Waals surface area contributed by atoms with E-state index in [-0.39, 0.29) is 11.7 Å². The third-order valence-electron chi connectivity index (χ3n) is 6.26. The van der Waals surface area contributed by atoms with Crippen molar-refractivity contribution in [3.8, 4) is 22.6 Å². The molecule has 1 aliphatic heterocycles. The summed E-state index contributed by atoms with van der Waals surface area (Å²) in [5.74, 6) is 0.633. The number of ether oxygens (including phenoxy) is 1. The smallest absolute Gasteiger partial charge is 0.257 e. The van der Waals surface area contributed by atoms with Crippen molar-refractivity contribution in [2.24, 2.45) is 0 Å². The number of carbonyl (C=O) groups excluding carboxylic acids is 1. The first-order chi connectivity index (χ1) is 15.5. The van der Waals surface area contributed by atoms with Crippen molar-refractivity contribution in [1.29, 1.82) is 0 Å². The van der Waals surface area contributed by atoms with E-state index in [1.807, 2.05) is 12.1 Å². The van der Waals surface area contributed by atoms with Crippen molar-refractivity contribution < 1.29 is 18.8 Å². The highest BCUT2D eigenvalue weighted by molar-refractivity contribution is 7.94. The number of nitrogens with one attached hydrogen (secondary N) is 1. The van der Waals surface area contributed by atoms with E-state index in [0.717, 1.165) is 29.7 Å². The number of aryl methyl sites for hydroxylation is 1. The van der Waals surface area contributed by atoms with Gasteiger partial charge in [0.05, 0.1) is 12.0 Å². The molecule has 2 N–H and O–H groups in total. The fourth-order valence-electron chi connectivity index (χ4n) is 4.78. The van der Waals surface area contributed by atoms with E-state index in [1.165, 1.54) is 28.3 Å². The maximum atomic E-state index is 12.1. The Labute approximate surface area is 189 Å². The van der Waals surface area contributed by atoms with Crippen LogP contribution in [-0.2, 0) is 22.2 Å². The maximum Gasteiger partial charge on any atom is 0.257 e. The molecule has 2 aliphatic rings. The number of hydrogen-bond acceptors (Lipinski definition) is 4. The molecule has 0 spiro atoms. The fourth-order valence-corrected chi connectivity index (χ4v) is 5.72. The largest absolute Gasteiger partial charge is 0.507 e. The van der Waals surface area contributed by atoms with Gasteiger partial charge in [0.25, 0.3) is 5.91 Å². The molecular formula is C26H23NO4S. The van der Waals surface area contributed by atoms with Gasteiger partial charge >= 0.3 is 0 Å². The number of phenolic OH excluding ortho intramolecular Hbond substituents is 1. The fraction of sp³-hybridized carbons (Fsp3) is 0.192. The lowest BCUT2D eigenvalue weighted by molar-refractivity contribution is -0.114. The molecule has 0 aromatic heterocycles. The highest BCUT2D eigenvalue weighted by atomic mass is 32.2. The van der Waals surface area contributed by atoms with Gasteiger partial charge in [-0.1, -0.05) is 35.9 Å². The molecule has 32 heavy (non-hydrogen) atoms. The standard InChI is InChI=1S/C26H23NO4S/c1-15-6-11-24(31-2)22(12-15)19-5-3-4-18-17(9-10-20(18)19)16-7-8-21(23(28)13-16)25-14-26(29)27-32(25)30/h3-8,11-14,17,28H,9-10H2,1-2H3,(H,27,29)/t17-,32?/m1/s1. The van der Waals surface area contributed by atoms with E-state index in [4.69, 9.17) is 4.74 Å². The van der Waals surface area contributed by atoms with E-state index < -0.39 is 16.9 Å². The Kier molecular flexibility index (Phi) is 5.10. The second-order valence-electron chi connectivity index (χ2n) is 8.19. The van der Waals surface area contributed by atoms with Crippen LogP contribution >= 0.6 is 0 Å². The van der Waals surface area contributed by atoms with E-state index in [2.05, 4.69) is 42.0 Å². The Bertz CT molecular complexity index is 1310. The molecule has 5 rings (SSSR count). The minimum absolute atomic E-state index is 0.0311. The van der Waals surface area contributed by atoms with Crippen LogP contribution in [0.1, 0.15) is 40.2 Å². The summed E-state index contributed by atoms with van der Waals surface area (Å²) < 4.78 is 20.0. The molecule has 0 radical (unpaired) electrons. The lowest BCUT2D eigenvalue weighted by Crippen LogP contribution is -2.16. The topological polar surface area (TPSA) is 75.6 Å². The van der Waals surface area contributed by atoms with E-state index in [1.54, 1.807) is 19.2 Å². The Hall–Kier alpha value is -3.38. The molecule has 5 nitrogen and oxygen atoms in total. The lowest BCUT2D eigenvalue weighted by Gasteiger charge is -2.16. The summed E-state index contributed by atoms with van der Waals surface area (Å²) in [5.41, 5.74) is 7.43. The molecule has 1 unspecified atom stereocenters. The summed E-state index contributed by atoms with van der Waals surface area (Å²) in [6.45, 7) is 2.08. The van der Waals surface area contributed by atoms with Crippen molar-refractivity contribution >= 4 is 21.8 Å². The number of aromatic hydroxyl groups is 1. The molecule has 0 saturated heterocycles. The van der Waals surface area contributed by atoms with Gasteiger partial charge in [-0.3, -0.25) is 9.52 Å². The molecule has 0 bridgehead atoms. The first-order valence-corrected chi connectivity index (χ1v) is 11.7. The van der Waals surface area contributed by atoms with Gasteiger partial charge in [0.1, 0.15) is 11.5 Å². The third-order valence-corrected chi connectivity index (χ3v) is 7.38. The van der Waals surface area contributed by atoms with Gasteiger partial charge in [-0.25, -0.2) is 4.21 Å². The van der Waals surface area contributed by atoms with Crippen LogP contribution in [0.15, 0.2) is 60.7 Å².